The van der Waals surface area contributed by atoms with Crippen LogP contribution in [0.3, 0.4) is 0 Å². The van der Waals surface area contributed by atoms with Crippen LogP contribution in [-0.2, 0) is 29.2 Å². The lowest BCUT2D eigenvalue weighted by Gasteiger charge is -2.20. The Balaban J connectivity index is 1.66. The summed E-state index contributed by atoms with van der Waals surface area (Å²) in [6, 6.07) is 20.2. The van der Waals surface area contributed by atoms with Crippen LogP contribution < -0.4 is 15.4 Å². The first-order valence-electron chi connectivity index (χ1n) is 11.3. The van der Waals surface area contributed by atoms with Gasteiger partial charge in [0.05, 0.1) is 10.5 Å². The van der Waals surface area contributed by atoms with Crippen molar-refractivity contribution in [3.05, 3.63) is 101 Å². The van der Waals surface area contributed by atoms with Crippen LogP contribution in [0.5, 0.6) is 0 Å². The first-order valence-corrected chi connectivity index (χ1v) is 12.8. The highest BCUT2D eigenvalue weighted by atomic mass is 32.2. The number of nitrogens with one attached hydrogen (secondary N) is 3. The van der Waals surface area contributed by atoms with E-state index in [9.17, 15) is 26.4 Å². The van der Waals surface area contributed by atoms with Crippen molar-refractivity contribution >= 4 is 15.9 Å². The van der Waals surface area contributed by atoms with Crippen LogP contribution in [0.15, 0.2) is 83.8 Å². The quantitative estimate of drug-likeness (QED) is 0.333. The highest BCUT2D eigenvalue weighted by Crippen LogP contribution is 2.29. The summed E-state index contributed by atoms with van der Waals surface area (Å²) in [5.74, 6) is -0.415. The average molecular weight is 520 g/mol. The third kappa shape index (κ3) is 7.91. The van der Waals surface area contributed by atoms with Crippen LogP contribution in [0.2, 0.25) is 0 Å². The molecule has 3 aromatic rings. The average Bonchev–Trinajstić information content (AvgIpc) is 2.87. The van der Waals surface area contributed by atoms with E-state index in [0.717, 1.165) is 17.7 Å². The van der Waals surface area contributed by atoms with E-state index in [-0.39, 0.29) is 23.0 Å². The van der Waals surface area contributed by atoms with Crippen LogP contribution in [0.1, 0.15) is 33.5 Å². The molecule has 0 heterocycles. The van der Waals surface area contributed by atoms with E-state index in [2.05, 4.69) is 15.4 Å². The Kier molecular flexibility index (Phi) is 9.25. The molecule has 6 nitrogen and oxygen atoms in total. The Morgan fingerprint density at radius 2 is 1.61 bits per heavy atom. The fraction of sp³-hybridized carbons (Fsp3) is 0.269. The number of benzene rings is 3. The lowest BCUT2D eigenvalue weighted by atomic mass is 10.0. The van der Waals surface area contributed by atoms with Gasteiger partial charge in [-0.15, -0.1) is 0 Å². The predicted molar refractivity (Wildman–Crippen MR) is 132 cm³/mol. The zero-order valence-electron chi connectivity index (χ0n) is 19.7. The standard InChI is InChI=1S/C26H28F3N3O3S/c1-30-36(34,35)24-12-6-10-21(17-24)25(33)32-23(16-19-7-3-2-4-8-19)13-14-31-18-20-9-5-11-22(15-20)26(27,28)29/h2-12,15,17,23,30-31H,13-14,16,18H2,1H3,(H,32,33). The smallest absolute Gasteiger partial charge is 0.349 e. The van der Waals surface area contributed by atoms with E-state index in [0.29, 0.717) is 24.9 Å². The van der Waals surface area contributed by atoms with Crippen LogP contribution in [0, 0.1) is 0 Å². The molecule has 0 spiro atoms. The van der Waals surface area contributed by atoms with E-state index >= 15 is 0 Å². The van der Waals surface area contributed by atoms with Gasteiger partial charge in [-0.1, -0.05) is 54.6 Å². The molecule has 0 aromatic heterocycles. The molecule has 36 heavy (non-hydrogen) atoms. The van der Waals surface area contributed by atoms with Gasteiger partial charge in [-0.05, 0) is 61.8 Å². The number of carbonyl (C=O) groups is 1. The second-order valence-electron chi connectivity index (χ2n) is 8.26. The third-order valence-corrected chi connectivity index (χ3v) is 7.00. The first kappa shape index (κ1) is 27.4. The van der Waals surface area contributed by atoms with Crippen molar-refractivity contribution in [2.75, 3.05) is 13.6 Å². The van der Waals surface area contributed by atoms with E-state index in [4.69, 9.17) is 0 Å². The zero-order valence-corrected chi connectivity index (χ0v) is 20.5. The molecular formula is C26H28F3N3O3S. The van der Waals surface area contributed by atoms with Gasteiger partial charge < -0.3 is 10.6 Å². The van der Waals surface area contributed by atoms with Crippen LogP contribution in [-0.4, -0.2) is 34.0 Å². The molecule has 0 saturated heterocycles. The Labute approximate surface area is 209 Å². The van der Waals surface area contributed by atoms with Gasteiger partial charge in [0.2, 0.25) is 10.0 Å². The van der Waals surface area contributed by atoms with Gasteiger partial charge in [0.15, 0.2) is 0 Å². The minimum absolute atomic E-state index is 0.0139. The van der Waals surface area contributed by atoms with Crippen molar-refractivity contribution in [3.8, 4) is 0 Å². The summed E-state index contributed by atoms with van der Waals surface area (Å²) in [4.78, 5) is 12.9. The van der Waals surface area contributed by atoms with Gasteiger partial charge in [0.1, 0.15) is 0 Å². The van der Waals surface area contributed by atoms with E-state index < -0.39 is 27.7 Å². The van der Waals surface area contributed by atoms with Gasteiger partial charge >= 0.3 is 6.18 Å². The first-order chi connectivity index (χ1) is 17.1. The van der Waals surface area contributed by atoms with Gasteiger partial charge in [-0.25, -0.2) is 13.1 Å². The number of halogens is 3. The number of hydrogen-bond acceptors (Lipinski definition) is 4. The normalized spacial score (nSPS) is 12.8. The molecule has 3 rings (SSSR count). The molecule has 1 atom stereocenters. The summed E-state index contributed by atoms with van der Waals surface area (Å²) in [5.41, 5.74) is 1.03. The maximum Gasteiger partial charge on any atom is 0.416 e. The molecule has 0 aliphatic carbocycles. The largest absolute Gasteiger partial charge is 0.416 e. The number of rotatable bonds is 11. The Morgan fingerprint density at radius 1 is 0.917 bits per heavy atom. The van der Waals surface area contributed by atoms with Crippen molar-refractivity contribution in [1.29, 1.82) is 0 Å². The number of alkyl halides is 3. The van der Waals surface area contributed by atoms with Crippen molar-refractivity contribution in [1.82, 2.24) is 15.4 Å². The molecule has 3 aromatic carbocycles. The summed E-state index contributed by atoms with van der Waals surface area (Å²) >= 11 is 0. The van der Waals surface area contributed by atoms with Crippen molar-refractivity contribution in [2.45, 2.75) is 36.5 Å². The predicted octanol–water partition coefficient (Wildman–Crippen LogP) is 4.13. The Hall–Kier alpha value is -3.21. The zero-order chi connectivity index (χ0) is 26.2. The summed E-state index contributed by atoms with van der Waals surface area (Å²) in [6.07, 6.45) is -3.36. The summed E-state index contributed by atoms with van der Waals surface area (Å²) in [6.45, 7) is 0.696. The third-order valence-electron chi connectivity index (χ3n) is 5.59. The molecule has 10 heteroatoms. The molecule has 1 amide bonds. The van der Waals surface area contributed by atoms with E-state index in [1.54, 1.807) is 6.07 Å². The molecule has 0 radical (unpaired) electrons. The second-order valence-corrected chi connectivity index (χ2v) is 10.1. The minimum Gasteiger partial charge on any atom is -0.349 e. The van der Waals surface area contributed by atoms with Crippen LogP contribution >= 0.6 is 0 Å². The van der Waals surface area contributed by atoms with Gasteiger partial charge in [0, 0.05) is 18.2 Å². The van der Waals surface area contributed by atoms with Crippen molar-refractivity contribution in [3.63, 3.8) is 0 Å². The van der Waals surface area contributed by atoms with Crippen LogP contribution in [0.25, 0.3) is 0 Å². The molecule has 0 aliphatic heterocycles. The Bertz CT molecular complexity index is 1270. The minimum atomic E-state index is -4.40. The molecule has 1 unspecified atom stereocenters. The fourth-order valence-electron chi connectivity index (χ4n) is 3.68. The van der Waals surface area contributed by atoms with Crippen molar-refractivity contribution in [2.24, 2.45) is 0 Å². The highest BCUT2D eigenvalue weighted by molar-refractivity contribution is 7.89. The fourth-order valence-corrected chi connectivity index (χ4v) is 4.46. The van der Waals surface area contributed by atoms with Crippen LogP contribution in [0.4, 0.5) is 13.2 Å². The number of amides is 1. The molecular weight excluding hydrogens is 491 g/mol. The molecule has 0 fully saturated rings. The molecule has 0 bridgehead atoms. The summed E-state index contributed by atoms with van der Waals surface area (Å²) < 4.78 is 65.2. The van der Waals surface area contributed by atoms with E-state index in [1.807, 2.05) is 30.3 Å². The summed E-state index contributed by atoms with van der Waals surface area (Å²) in [5, 5.41) is 6.10. The topological polar surface area (TPSA) is 87.3 Å². The second kappa shape index (κ2) is 12.2. The van der Waals surface area contributed by atoms with Gasteiger partial charge in [-0.2, -0.15) is 13.2 Å². The molecule has 0 aliphatic rings. The van der Waals surface area contributed by atoms with Gasteiger partial charge in [0.25, 0.3) is 5.91 Å². The Morgan fingerprint density at radius 3 is 2.31 bits per heavy atom. The number of carbonyl (C=O) groups excluding carboxylic acids is 1. The number of hydrogen-bond donors (Lipinski definition) is 3. The monoisotopic (exact) mass is 519 g/mol. The lowest BCUT2D eigenvalue weighted by molar-refractivity contribution is -0.137. The van der Waals surface area contributed by atoms with E-state index in [1.165, 1.54) is 37.4 Å². The van der Waals surface area contributed by atoms with Crippen molar-refractivity contribution < 1.29 is 26.4 Å². The maximum absolute atomic E-state index is 12.9. The molecule has 0 saturated carbocycles. The maximum atomic E-state index is 12.9. The SMILES string of the molecule is CNS(=O)(=O)c1cccc(C(=O)NC(CCNCc2cccc(C(F)(F)F)c2)Cc2ccccc2)c1. The number of sulfonamides is 1. The molecule has 192 valence electrons. The van der Waals surface area contributed by atoms with Gasteiger partial charge in [-0.3, -0.25) is 4.79 Å². The lowest BCUT2D eigenvalue weighted by Crippen LogP contribution is -2.38. The summed E-state index contributed by atoms with van der Waals surface area (Å²) in [7, 11) is -2.40. The molecule has 3 N–H and O–H groups in total. The highest BCUT2D eigenvalue weighted by Gasteiger charge is 2.30.